The Labute approximate surface area is 88.8 Å². The number of aromatic nitrogens is 3. The quantitative estimate of drug-likeness (QED) is 0.745. The van der Waals surface area contributed by atoms with Gasteiger partial charge in [-0.05, 0) is 20.8 Å². The molecule has 5 nitrogen and oxygen atoms in total. The topological polar surface area (TPSA) is 59.9 Å². The van der Waals surface area contributed by atoms with Crippen LogP contribution < -0.4 is 5.69 Å². The van der Waals surface area contributed by atoms with Gasteiger partial charge in [0.05, 0.1) is 6.10 Å². The Morgan fingerprint density at radius 2 is 2.27 bits per heavy atom. The van der Waals surface area contributed by atoms with Crippen LogP contribution in [0.4, 0.5) is 0 Å². The first-order valence-corrected chi connectivity index (χ1v) is 4.97. The number of nitrogens with one attached hydrogen (secondary N) is 1. The maximum atomic E-state index is 11.4. The molecule has 0 amide bonds. The highest BCUT2D eigenvalue weighted by molar-refractivity contribution is 4.92. The number of H-pyrrole nitrogens is 1. The average molecular weight is 211 g/mol. The van der Waals surface area contributed by atoms with Gasteiger partial charge in [0.2, 0.25) is 0 Å². The lowest BCUT2D eigenvalue weighted by Crippen LogP contribution is -2.20. The van der Waals surface area contributed by atoms with Crippen LogP contribution in [0.1, 0.15) is 32.7 Å². The van der Waals surface area contributed by atoms with Crippen LogP contribution in [0.15, 0.2) is 17.4 Å². The second kappa shape index (κ2) is 4.93. The molecule has 1 aromatic heterocycles. The zero-order valence-corrected chi connectivity index (χ0v) is 9.36. The Kier molecular flexibility index (Phi) is 3.85. The van der Waals surface area contributed by atoms with E-state index in [4.69, 9.17) is 4.74 Å². The van der Waals surface area contributed by atoms with Gasteiger partial charge in [-0.3, -0.25) is 4.57 Å². The Bertz CT molecular complexity index is 378. The summed E-state index contributed by atoms with van der Waals surface area (Å²) in [4.78, 5) is 11.4. The summed E-state index contributed by atoms with van der Waals surface area (Å²) in [6.45, 7) is 9.79. The summed E-state index contributed by atoms with van der Waals surface area (Å²) in [6.07, 6.45) is 1.55. The molecule has 5 heteroatoms. The SMILES string of the molecule is C=CCn1c([C@@H](C)OC(C)C)n[nH]c1=O. The molecule has 0 aliphatic rings. The van der Waals surface area contributed by atoms with E-state index in [1.165, 1.54) is 4.57 Å². The molecular formula is C10H17N3O2. The molecule has 0 saturated carbocycles. The molecule has 84 valence electrons. The van der Waals surface area contributed by atoms with Crippen LogP contribution in [0.3, 0.4) is 0 Å². The highest BCUT2D eigenvalue weighted by atomic mass is 16.5. The first kappa shape index (κ1) is 11.7. The van der Waals surface area contributed by atoms with Crippen molar-refractivity contribution in [2.75, 3.05) is 0 Å². The van der Waals surface area contributed by atoms with Gasteiger partial charge in [-0.1, -0.05) is 6.08 Å². The fourth-order valence-corrected chi connectivity index (χ4v) is 1.41. The molecule has 0 unspecified atom stereocenters. The van der Waals surface area contributed by atoms with E-state index in [1.54, 1.807) is 6.08 Å². The number of ether oxygens (including phenoxy) is 1. The fourth-order valence-electron chi connectivity index (χ4n) is 1.41. The molecule has 1 atom stereocenters. The Balaban J connectivity index is 2.92. The lowest BCUT2D eigenvalue weighted by molar-refractivity contribution is 0.0109. The van der Waals surface area contributed by atoms with Crippen LogP contribution in [0.5, 0.6) is 0 Å². The molecule has 1 rings (SSSR count). The molecule has 0 saturated heterocycles. The van der Waals surface area contributed by atoms with Gasteiger partial charge in [0.15, 0.2) is 5.82 Å². The van der Waals surface area contributed by atoms with E-state index in [-0.39, 0.29) is 17.9 Å². The summed E-state index contributed by atoms with van der Waals surface area (Å²) in [5.41, 5.74) is -0.232. The predicted octanol–water partition coefficient (Wildman–Crippen LogP) is 1.24. The first-order chi connectivity index (χ1) is 7.06. The van der Waals surface area contributed by atoms with Crippen molar-refractivity contribution in [3.63, 3.8) is 0 Å². The fraction of sp³-hybridized carbons (Fsp3) is 0.600. The molecule has 15 heavy (non-hydrogen) atoms. The summed E-state index contributed by atoms with van der Waals surface area (Å²) in [6, 6.07) is 0. The molecular weight excluding hydrogens is 194 g/mol. The minimum atomic E-state index is -0.232. The smallest absolute Gasteiger partial charge is 0.343 e. The highest BCUT2D eigenvalue weighted by Gasteiger charge is 2.16. The van der Waals surface area contributed by atoms with Crippen LogP contribution in [0.2, 0.25) is 0 Å². The molecule has 0 fully saturated rings. The van der Waals surface area contributed by atoms with Gasteiger partial charge in [-0.15, -0.1) is 6.58 Å². The minimum absolute atomic E-state index is 0.101. The largest absolute Gasteiger partial charge is 0.368 e. The van der Waals surface area contributed by atoms with Crippen molar-refractivity contribution in [2.24, 2.45) is 0 Å². The first-order valence-electron chi connectivity index (χ1n) is 4.97. The standard InChI is InChI=1S/C10H17N3O2/c1-5-6-13-9(11-12-10(13)14)8(4)15-7(2)3/h5,7-8H,1,6H2,2-4H3,(H,12,14)/t8-/m1/s1. The molecule has 1 aromatic rings. The van der Waals surface area contributed by atoms with E-state index >= 15 is 0 Å². The van der Waals surface area contributed by atoms with E-state index in [9.17, 15) is 4.79 Å². The van der Waals surface area contributed by atoms with Gasteiger partial charge in [-0.25, -0.2) is 9.89 Å². The zero-order valence-electron chi connectivity index (χ0n) is 9.36. The number of hydrogen-bond donors (Lipinski definition) is 1. The van der Waals surface area contributed by atoms with Gasteiger partial charge in [0.1, 0.15) is 6.10 Å². The van der Waals surface area contributed by atoms with Gasteiger partial charge >= 0.3 is 5.69 Å². The van der Waals surface area contributed by atoms with E-state index in [0.717, 1.165) is 0 Å². The number of aromatic amines is 1. The third-order valence-corrected chi connectivity index (χ3v) is 1.94. The van der Waals surface area contributed by atoms with E-state index in [0.29, 0.717) is 12.4 Å². The summed E-state index contributed by atoms with van der Waals surface area (Å²) >= 11 is 0. The van der Waals surface area contributed by atoms with Crippen molar-refractivity contribution in [3.05, 3.63) is 29.0 Å². The van der Waals surface area contributed by atoms with Gasteiger partial charge in [0.25, 0.3) is 0 Å². The molecule has 0 aliphatic heterocycles. The molecule has 1 heterocycles. The van der Waals surface area contributed by atoms with E-state index in [1.807, 2.05) is 20.8 Å². The third-order valence-electron chi connectivity index (χ3n) is 1.94. The van der Waals surface area contributed by atoms with Gasteiger partial charge < -0.3 is 4.74 Å². The molecule has 0 radical (unpaired) electrons. The lowest BCUT2D eigenvalue weighted by atomic mass is 10.3. The summed E-state index contributed by atoms with van der Waals surface area (Å²) in [7, 11) is 0. The molecule has 0 aromatic carbocycles. The maximum absolute atomic E-state index is 11.4. The van der Waals surface area contributed by atoms with Gasteiger partial charge in [-0.2, -0.15) is 5.10 Å². The third kappa shape index (κ3) is 2.79. The molecule has 0 spiro atoms. The van der Waals surface area contributed by atoms with Crippen molar-refractivity contribution in [2.45, 2.75) is 39.5 Å². The van der Waals surface area contributed by atoms with Crippen molar-refractivity contribution < 1.29 is 4.74 Å². The minimum Gasteiger partial charge on any atom is -0.368 e. The van der Waals surface area contributed by atoms with Crippen LogP contribution in [-0.4, -0.2) is 20.9 Å². The van der Waals surface area contributed by atoms with Crippen LogP contribution >= 0.6 is 0 Å². The predicted molar refractivity (Wildman–Crippen MR) is 57.7 cm³/mol. The summed E-state index contributed by atoms with van der Waals surface area (Å²) < 4.78 is 7.07. The van der Waals surface area contributed by atoms with Crippen molar-refractivity contribution in [3.8, 4) is 0 Å². The van der Waals surface area contributed by atoms with Crippen LogP contribution in [-0.2, 0) is 11.3 Å². The lowest BCUT2D eigenvalue weighted by Gasteiger charge is -2.15. The Hall–Kier alpha value is -1.36. The second-order valence-electron chi connectivity index (χ2n) is 3.61. The Morgan fingerprint density at radius 3 is 2.80 bits per heavy atom. The number of allylic oxidation sites excluding steroid dienone is 1. The second-order valence-corrected chi connectivity index (χ2v) is 3.61. The normalized spacial score (nSPS) is 13.1. The zero-order chi connectivity index (χ0) is 11.4. The number of nitrogens with zero attached hydrogens (tertiary/aromatic N) is 2. The summed E-state index contributed by atoms with van der Waals surface area (Å²) in [5, 5.41) is 6.35. The Morgan fingerprint density at radius 1 is 1.60 bits per heavy atom. The summed E-state index contributed by atoms with van der Waals surface area (Å²) in [5.74, 6) is 0.605. The average Bonchev–Trinajstić information content (AvgIpc) is 2.48. The number of hydrogen-bond acceptors (Lipinski definition) is 3. The van der Waals surface area contributed by atoms with E-state index < -0.39 is 0 Å². The molecule has 0 aliphatic carbocycles. The molecule has 0 bridgehead atoms. The van der Waals surface area contributed by atoms with Crippen LogP contribution in [0.25, 0.3) is 0 Å². The van der Waals surface area contributed by atoms with Crippen molar-refractivity contribution in [1.29, 1.82) is 0 Å². The monoisotopic (exact) mass is 211 g/mol. The van der Waals surface area contributed by atoms with E-state index in [2.05, 4.69) is 16.8 Å². The van der Waals surface area contributed by atoms with Crippen LogP contribution in [0, 0.1) is 0 Å². The van der Waals surface area contributed by atoms with Gasteiger partial charge in [0, 0.05) is 6.54 Å². The van der Waals surface area contributed by atoms with Crippen molar-refractivity contribution in [1.82, 2.24) is 14.8 Å². The number of rotatable bonds is 5. The van der Waals surface area contributed by atoms with Crippen molar-refractivity contribution >= 4 is 0 Å². The maximum Gasteiger partial charge on any atom is 0.343 e. The molecule has 1 N–H and O–H groups in total. The highest BCUT2D eigenvalue weighted by Crippen LogP contribution is 2.14.